The number of aromatic nitrogens is 3. The lowest BCUT2D eigenvalue weighted by Gasteiger charge is -2.22. The molecule has 1 aliphatic heterocycles. The van der Waals surface area contributed by atoms with E-state index >= 15 is 0 Å². The summed E-state index contributed by atoms with van der Waals surface area (Å²) in [5.41, 5.74) is 6.39. The summed E-state index contributed by atoms with van der Waals surface area (Å²) in [7, 11) is 0. The molecule has 2 aliphatic rings. The molecule has 45 heavy (non-hydrogen) atoms. The van der Waals surface area contributed by atoms with Gasteiger partial charge in [-0.2, -0.15) is 0 Å². The van der Waals surface area contributed by atoms with E-state index < -0.39 is 0 Å². The van der Waals surface area contributed by atoms with Crippen molar-refractivity contribution in [3.05, 3.63) is 163 Å². The number of nitrogens with zero attached hydrogens (tertiary/aromatic N) is 3. The van der Waals surface area contributed by atoms with Gasteiger partial charge in [-0.25, -0.2) is 15.0 Å². The van der Waals surface area contributed by atoms with Gasteiger partial charge in [-0.1, -0.05) is 133 Å². The zero-order valence-electron chi connectivity index (χ0n) is 24.3. The van der Waals surface area contributed by atoms with E-state index in [1.54, 1.807) is 0 Å². The molecule has 2 atom stereocenters. The molecule has 0 bridgehead atoms. The summed E-state index contributed by atoms with van der Waals surface area (Å²) in [4.78, 5) is 15.3. The predicted molar refractivity (Wildman–Crippen MR) is 182 cm³/mol. The molecule has 6 aromatic carbocycles. The van der Waals surface area contributed by atoms with Gasteiger partial charge in [0.1, 0.15) is 11.9 Å². The Hall–Kier alpha value is -5.87. The van der Waals surface area contributed by atoms with Crippen LogP contribution in [0.1, 0.15) is 17.3 Å². The van der Waals surface area contributed by atoms with Gasteiger partial charge < -0.3 is 4.74 Å². The van der Waals surface area contributed by atoms with Crippen molar-refractivity contribution in [2.75, 3.05) is 0 Å². The molecular weight excluding hydrogens is 550 g/mol. The summed E-state index contributed by atoms with van der Waals surface area (Å²) in [5.74, 6) is 2.86. The van der Waals surface area contributed by atoms with E-state index in [2.05, 4.69) is 115 Å². The molecule has 2 unspecified atom stereocenters. The Bertz CT molecular complexity index is 2310. The van der Waals surface area contributed by atoms with Crippen molar-refractivity contribution in [3.63, 3.8) is 0 Å². The van der Waals surface area contributed by atoms with E-state index in [-0.39, 0.29) is 12.0 Å². The monoisotopic (exact) mass is 577 g/mol. The number of rotatable bonds is 4. The first-order chi connectivity index (χ1) is 22.3. The molecule has 0 saturated heterocycles. The second-order valence-corrected chi connectivity index (χ2v) is 11.6. The summed E-state index contributed by atoms with van der Waals surface area (Å²) in [6.45, 7) is 0. The van der Waals surface area contributed by atoms with Crippen molar-refractivity contribution in [2.24, 2.45) is 0 Å². The number of allylic oxidation sites excluding steroid dienone is 2. The molecule has 7 aromatic rings. The molecule has 0 amide bonds. The zero-order chi connectivity index (χ0) is 29.7. The van der Waals surface area contributed by atoms with Gasteiger partial charge in [-0.15, -0.1) is 0 Å². The molecule has 0 spiro atoms. The third kappa shape index (κ3) is 4.42. The molecule has 0 fully saturated rings. The minimum Gasteiger partial charge on any atom is -0.485 e. The van der Waals surface area contributed by atoms with E-state index in [9.17, 15) is 0 Å². The molecule has 0 N–H and O–H groups in total. The van der Waals surface area contributed by atoms with E-state index in [1.807, 2.05) is 36.4 Å². The highest BCUT2D eigenvalue weighted by atomic mass is 16.5. The summed E-state index contributed by atoms with van der Waals surface area (Å²) in [6, 6.07) is 46.4. The standard InChI is InChI=1S/C41H27N3O/c1-3-10-26(11-4-1)30-22-23-33-37(25-30)45-36-17-9-16-34(38(33)36)41-43-39(29-13-5-2-6-14-29)42-40(44-41)31-21-20-28-19-18-27-12-7-8-15-32(27)35(28)24-31/h1-25,36,38H. The average molecular weight is 578 g/mol. The normalized spacial score (nSPS) is 16.7. The van der Waals surface area contributed by atoms with Crippen LogP contribution in [0.25, 0.3) is 61.0 Å². The van der Waals surface area contributed by atoms with Crippen LogP contribution >= 0.6 is 0 Å². The fourth-order valence-electron chi connectivity index (χ4n) is 6.67. The van der Waals surface area contributed by atoms with Crippen molar-refractivity contribution < 1.29 is 4.74 Å². The lowest BCUT2D eigenvalue weighted by molar-refractivity contribution is 0.271. The first-order valence-electron chi connectivity index (χ1n) is 15.3. The molecule has 9 rings (SSSR count). The molecule has 212 valence electrons. The highest BCUT2D eigenvalue weighted by Gasteiger charge is 2.38. The maximum absolute atomic E-state index is 6.54. The van der Waals surface area contributed by atoms with Crippen LogP contribution in [0.2, 0.25) is 0 Å². The summed E-state index contributed by atoms with van der Waals surface area (Å²) >= 11 is 0. The largest absolute Gasteiger partial charge is 0.485 e. The van der Waals surface area contributed by atoms with Gasteiger partial charge in [0.05, 0.1) is 5.92 Å². The van der Waals surface area contributed by atoms with Gasteiger partial charge in [0.25, 0.3) is 0 Å². The Labute approximate surface area is 261 Å². The smallest absolute Gasteiger partial charge is 0.164 e. The Morgan fingerprint density at radius 3 is 1.96 bits per heavy atom. The van der Waals surface area contributed by atoms with Crippen LogP contribution in [0.15, 0.2) is 152 Å². The number of fused-ring (bicyclic) bond motifs is 6. The van der Waals surface area contributed by atoms with Crippen molar-refractivity contribution in [2.45, 2.75) is 12.0 Å². The minimum absolute atomic E-state index is 0.0192. The zero-order valence-corrected chi connectivity index (χ0v) is 24.3. The van der Waals surface area contributed by atoms with Gasteiger partial charge in [-0.05, 0) is 50.9 Å². The molecule has 1 aromatic heterocycles. The maximum atomic E-state index is 6.54. The van der Waals surface area contributed by atoms with E-state index in [4.69, 9.17) is 19.7 Å². The average Bonchev–Trinajstić information content (AvgIpc) is 3.50. The Morgan fingerprint density at radius 2 is 1.13 bits per heavy atom. The van der Waals surface area contributed by atoms with Gasteiger partial charge in [0, 0.05) is 22.3 Å². The minimum atomic E-state index is -0.126. The van der Waals surface area contributed by atoms with E-state index in [0.717, 1.165) is 33.6 Å². The topological polar surface area (TPSA) is 47.9 Å². The number of hydrogen-bond acceptors (Lipinski definition) is 4. The molecule has 2 heterocycles. The third-order valence-corrected chi connectivity index (χ3v) is 8.89. The number of hydrogen-bond donors (Lipinski definition) is 0. The van der Waals surface area contributed by atoms with Crippen LogP contribution in [0.4, 0.5) is 0 Å². The maximum Gasteiger partial charge on any atom is 0.164 e. The van der Waals surface area contributed by atoms with Crippen LogP contribution in [-0.4, -0.2) is 21.1 Å². The van der Waals surface area contributed by atoms with Gasteiger partial charge in [-0.3, -0.25) is 0 Å². The summed E-state index contributed by atoms with van der Waals surface area (Å²) in [6.07, 6.45) is 6.20. The lowest BCUT2D eigenvalue weighted by Crippen LogP contribution is -2.20. The molecule has 0 saturated carbocycles. The van der Waals surface area contributed by atoms with Crippen LogP contribution in [0, 0.1) is 0 Å². The fourth-order valence-corrected chi connectivity index (χ4v) is 6.67. The van der Waals surface area contributed by atoms with Crippen molar-refractivity contribution in [3.8, 4) is 39.7 Å². The molecule has 4 heteroatoms. The van der Waals surface area contributed by atoms with Crippen LogP contribution in [0.5, 0.6) is 5.75 Å². The second-order valence-electron chi connectivity index (χ2n) is 11.6. The van der Waals surface area contributed by atoms with Crippen molar-refractivity contribution >= 4 is 27.1 Å². The van der Waals surface area contributed by atoms with Crippen LogP contribution < -0.4 is 4.74 Å². The molecular formula is C41H27N3O. The van der Waals surface area contributed by atoms with E-state index in [0.29, 0.717) is 17.5 Å². The number of benzene rings is 6. The summed E-state index contributed by atoms with van der Waals surface area (Å²) < 4.78 is 6.54. The molecule has 1 aliphatic carbocycles. The van der Waals surface area contributed by atoms with E-state index in [1.165, 1.54) is 27.1 Å². The Balaban J connectivity index is 1.19. The third-order valence-electron chi connectivity index (χ3n) is 8.89. The molecule has 4 nitrogen and oxygen atoms in total. The fraction of sp³-hybridized carbons (Fsp3) is 0.0488. The Morgan fingerprint density at radius 1 is 0.489 bits per heavy atom. The highest BCUT2D eigenvalue weighted by Crippen LogP contribution is 2.48. The van der Waals surface area contributed by atoms with Gasteiger partial charge in [0.2, 0.25) is 0 Å². The lowest BCUT2D eigenvalue weighted by atomic mass is 9.84. The van der Waals surface area contributed by atoms with Crippen LogP contribution in [-0.2, 0) is 0 Å². The quantitative estimate of drug-likeness (QED) is 0.195. The first-order valence-corrected chi connectivity index (χ1v) is 15.3. The highest BCUT2D eigenvalue weighted by molar-refractivity contribution is 6.08. The molecule has 0 radical (unpaired) electrons. The van der Waals surface area contributed by atoms with Gasteiger partial charge in [0.15, 0.2) is 17.5 Å². The number of ether oxygens (including phenoxy) is 1. The SMILES string of the molecule is C1=CC2Oc3cc(-c4ccccc4)ccc3C2C(c2nc(-c3ccccc3)nc(-c3ccc4ccc5ccccc5c4c3)n2)=C1. The first kappa shape index (κ1) is 25.6. The predicted octanol–water partition coefficient (Wildman–Crippen LogP) is 9.68. The van der Waals surface area contributed by atoms with Crippen molar-refractivity contribution in [1.29, 1.82) is 0 Å². The van der Waals surface area contributed by atoms with Gasteiger partial charge >= 0.3 is 0 Å². The Kier molecular flexibility index (Phi) is 5.91. The van der Waals surface area contributed by atoms with Crippen molar-refractivity contribution in [1.82, 2.24) is 15.0 Å². The second kappa shape index (κ2) is 10.4. The summed E-state index contributed by atoms with van der Waals surface area (Å²) in [5, 5.41) is 4.80. The van der Waals surface area contributed by atoms with Crippen LogP contribution in [0.3, 0.4) is 0 Å².